The number of rotatable bonds is 20. The SMILES string of the molecule is C=CCc1ccc(O)c(OC)c1.C=CCc1ccc(OCC(O)CCCCCCCCCCCC)c(OC)c1. The number of aromatic hydroxyl groups is 1. The van der Waals surface area contributed by atoms with Crippen molar-refractivity contribution in [2.45, 2.75) is 96.5 Å². The first-order chi connectivity index (χ1) is 19.0. The molecule has 2 aromatic rings. The van der Waals surface area contributed by atoms with Crippen molar-refractivity contribution in [1.82, 2.24) is 0 Å². The van der Waals surface area contributed by atoms with Gasteiger partial charge in [0.2, 0.25) is 0 Å². The first-order valence-electron chi connectivity index (χ1n) is 14.5. The highest BCUT2D eigenvalue weighted by atomic mass is 16.5. The van der Waals surface area contributed by atoms with Gasteiger partial charge in [0.1, 0.15) is 6.61 Å². The molecule has 0 aliphatic carbocycles. The van der Waals surface area contributed by atoms with Crippen molar-refractivity contribution in [3.05, 3.63) is 72.8 Å². The number of aliphatic hydroxyl groups excluding tert-OH is 1. The van der Waals surface area contributed by atoms with Gasteiger partial charge in [-0.1, -0.05) is 95.4 Å². The number of methoxy groups -OCH3 is 2. The second-order valence-electron chi connectivity index (χ2n) is 9.91. The molecule has 39 heavy (non-hydrogen) atoms. The van der Waals surface area contributed by atoms with E-state index in [1.54, 1.807) is 19.2 Å². The van der Waals surface area contributed by atoms with Gasteiger partial charge in [-0.15, -0.1) is 13.2 Å². The fraction of sp³-hybridized carbons (Fsp3) is 0.529. The Kier molecular flexibility index (Phi) is 19.2. The quantitative estimate of drug-likeness (QED) is 0.130. The summed E-state index contributed by atoms with van der Waals surface area (Å²) in [7, 11) is 3.17. The van der Waals surface area contributed by atoms with Gasteiger partial charge in [0, 0.05) is 0 Å². The summed E-state index contributed by atoms with van der Waals surface area (Å²) in [5.74, 6) is 2.08. The Bertz CT molecular complexity index is 924. The van der Waals surface area contributed by atoms with Crippen LogP contribution in [0.1, 0.15) is 88.7 Å². The molecule has 218 valence electrons. The maximum atomic E-state index is 10.2. The monoisotopic (exact) mass is 540 g/mol. The Balaban J connectivity index is 0.000000525. The summed E-state index contributed by atoms with van der Waals surface area (Å²) in [6.45, 7) is 9.96. The highest BCUT2D eigenvalue weighted by Gasteiger charge is 2.09. The average molecular weight is 541 g/mol. The minimum absolute atomic E-state index is 0.172. The van der Waals surface area contributed by atoms with Crippen molar-refractivity contribution in [2.75, 3.05) is 20.8 Å². The Hall–Kier alpha value is -2.92. The van der Waals surface area contributed by atoms with Crippen LogP contribution in [0, 0.1) is 0 Å². The van der Waals surface area contributed by atoms with E-state index in [4.69, 9.17) is 14.2 Å². The molecule has 0 saturated heterocycles. The van der Waals surface area contributed by atoms with Crippen LogP contribution >= 0.6 is 0 Å². The predicted octanol–water partition coefficient (Wildman–Crippen LogP) is 8.60. The zero-order valence-corrected chi connectivity index (χ0v) is 24.6. The smallest absolute Gasteiger partial charge is 0.161 e. The van der Waals surface area contributed by atoms with Crippen LogP contribution in [0.25, 0.3) is 0 Å². The second kappa shape index (κ2) is 22.0. The number of allylic oxidation sites excluding steroid dienone is 2. The summed E-state index contributed by atoms with van der Waals surface area (Å²) in [4.78, 5) is 0. The number of ether oxygens (including phenoxy) is 3. The first kappa shape index (κ1) is 34.1. The summed E-state index contributed by atoms with van der Waals surface area (Å²) in [6.07, 6.45) is 18.7. The van der Waals surface area contributed by atoms with Crippen molar-refractivity contribution in [3.8, 4) is 23.0 Å². The summed E-state index contributed by atoms with van der Waals surface area (Å²) in [5.41, 5.74) is 2.22. The maximum absolute atomic E-state index is 10.2. The lowest BCUT2D eigenvalue weighted by atomic mass is 10.0. The number of phenols is 1. The standard InChI is InChI=1S/C24H40O3.C10H12O2/c1-4-6-7-8-9-10-11-12-13-14-16-22(25)20-27-23-18-17-21(15-5-2)19-24(23)26-3;1-3-4-8-5-6-9(11)10(7-8)12-2/h5,17-19,22,25H,2,4,6-16,20H2,1,3H3;3,5-7,11H,1,4H2,2H3. The Morgan fingerprint density at radius 3 is 1.77 bits per heavy atom. The molecule has 5 nitrogen and oxygen atoms in total. The van der Waals surface area contributed by atoms with Crippen LogP contribution < -0.4 is 14.2 Å². The Labute approximate surface area is 237 Å². The van der Waals surface area contributed by atoms with Gasteiger partial charge in [-0.25, -0.2) is 0 Å². The van der Waals surface area contributed by atoms with Gasteiger partial charge >= 0.3 is 0 Å². The molecule has 0 amide bonds. The molecule has 1 atom stereocenters. The van der Waals surface area contributed by atoms with Gasteiger partial charge in [-0.3, -0.25) is 0 Å². The fourth-order valence-corrected chi connectivity index (χ4v) is 4.28. The molecule has 1 unspecified atom stereocenters. The zero-order chi connectivity index (χ0) is 28.7. The average Bonchev–Trinajstić information content (AvgIpc) is 2.95. The van der Waals surface area contributed by atoms with Crippen LogP contribution in [0.5, 0.6) is 23.0 Å². The first-order valence-corrected chi connectivity index (χ1v) is 14.5. The van der Waals surface area contributed by atoms with E-state index in [1.165, 1.54) is 64.9 Å². The van der Waals surface area contributed by atoms with E-state index in [2.05, 4.69) is 20.1 Å². The van der Waals surface area contributed by atoms with Crippen LogP contribution in [0.2, 0.25) is 0 Å². The molecule has 0 bridgehead atoms. The van der Waals surface area contributed by atoms with Gasteiger partial charge in [0.15, 0.2) is 23.0 Å². The molecule has 2 rings (SSSR count). The maximum Gasteiger partial charge on any atom is 0.161 e. The third kappa shape index (κ3) is 15.3. The van der Waals surface area contributed by atoms with Gasteiger partial charge < -0.3 is 24.4 Å². The van der Waals surface area contributed by atoms with E-state index in [9.17, 15) is 10.2 Å². The summed E-state index contributed by atoms with van der Waals surface area (Å²) in [6, 6.07) is 11.2. The third-order valence-electron chi connectivity index (χ3n) is 6.55. The number of benzene rings is 2. The number of phenolic OH excluding ortho intramolecular Hbond substituents is 1. The number of aliphatic hydroxyl groups is 1. The van der Waals surface area contributed by atoms with Crippen LogP contribution in [-0.2, 0) is 12.8 Å². The third-order valence-corrected chi connectivity index (χ3v) is 6.55. The highest BCUT2D eigenvalue weighted by molar-refractivity contribution is 5.43. The molecular weight excluding hydrogens is 488 g/mol. The number of unbranched alkanes of at least 4 members (excludes halogenated alkanes) is 9. The highest BCUT2D eigenvalue weighted by Crippen LogP contribution is 2.29. The Morgan fingerprint density at radius 2 is 1.23 bits per heavy atom. The minimum Gasteiger partial charge on any atom is -0.504 e. The van der Waals surface area contributed by atoms with Gasteiger partial charge in [0.05, 0.1) is 20.3 Å². The normalized spacial score (nSPS) is 11.2. The molecule has 0 saturated carbocycles. The summed E-state index contributed by atoms with van der Waals surface area (Å²) >= 11 is 0. The molecular formula is C34H52O5. The van der Waals surface area contributed by atoms with E-state index >= 15 is 0 Å². The molecule has 2 aromatic carbocycles. The van der Waals surface area contributed by atoms with Crippen LogP contribution in [0.4, 0.5) is 0 Å². The molecule has 0 spiro atoms. The van der Waals surface area contributed by atoms with E-state index in [-0.39, 0.29) is 5.75 Å². The van der Waals surface area contributed by atoms with Gasteiger partial charge in [0.25, 0.3) is 0 Å². The number of hydrogen-bond donors (Lipinski definition) is 2. The van der Waals surface area contributed by atoms with Crippen molar-refractivity contribution >= 4 is 0 Å². The molecule has 0 aromatic heterocycles. The van der Waals surface area contributed by atoms with Crippen molar-refractivity contribution in [2.24, 2.45) is 0 Å². The van der Waals surface area contributed by atoms with Crippen LogP contribution in [0.15, 0.2) is 61.7 Å². The lowest BCUT2D eigenvalue weighted by Crippen LogP contribution is -2.17. The lowest BCUT2D eigenvalue weighted by molar-refractivity contribution is 0.0959. The molecule has 2 N–H and O–H groups in total. The van der Waals surface area contributed by atoms with Gasteiger partial charge in [-0.2, -0.15) is 0 Å². The molecule has 0 radical (unpaired) electrons. The molecule has 0 aliphatic rings. The summed E-state index contributed by atoms with van der Waals surface area (Å²) < 4.78 is 16.1. The summed E-state index contributed by atoms with van der Waals surface area (Å²) in [5, 5.41) is 19.4. The number of hydrogen-bond acceptors (Lipinski definition) is 5. The van der Waals surface area contributed by atoms with Crippen LogP contribution in [0.3, 0.4) is 0 Å². The minimum atomic E-state index is -0.420. The molecule has 0 aliphatic heterocycles. The van der Waals surface area contributed by atoms with Crippen LogP contribution in [-0.4, -0.2) is 37.1 Å². The molecule has 0 heterocycles. The van der Waals surface area contributed by atoms with Crippen molar-refractivity contribution < 1.29 is 24.4 Å². The fourth-order valence-electron chi connectivity index (χ4n) is 4.28. The molecule has 5 heteroatoms. The van der Waals surface area contributed by atoms with E-state index in [1.807, 2.05) is 36.4 Å². The van der Waals surface area contributed by atoms with E-state index in [0.29, 0.717) is 23.9 Å². The second-order valence-corrected chi connectivity index (χ2v) is 9.91. The largest absolute Gasteiger partial charge is 0.504 e. The molecule has 0 fully saturated rings. The zero-order valence-electron chi connectivity index (χ0n) is 24.6. The topological polar surface area (TPSA) is 68.2 Å². The van der Waals surface area contributed by atoms with Crippen molar-refractivity contribution in [1.29, 1.82) is 0 Å². The van der Waals surface area contributed by atoms with Gasteiger partial charge in [-0.05, 0) is 54.7 Å². The lowest BCUT2D eigenvalue weighted by Gasteiger charge is -2.15. The van der Waals surface area contributed by atoms with E-state index in [0.717, 1.165) is 36.8 Å². The van der Waals surface area contributed by atoms with Crippen molar-refractivity contribution in [3.63, 3.8) is 0 Å². The Morgan fingerprint density at radius 1 is 0.718 bits per heavy atom. The van der Waals surface area contributed by atoms with E-state index < -0.39 is 6.10 Å². The predicted molar refractivity (Wildman–Crippen MR) is 163 cm³/mol.